The van der Waals surface area contributed by atoms with E-state index in [9.17, 15) is 4.79 Å². The van der Waals surface area contributed by atoms with Crippen molar-refractivity contribution in [2.24, 2.45) is 0 Å². The highest BCUT2D eigenvalue weighted by Crippen LogP contribution is 2.24. The second-order valence-corrected chi connectivity index (χ2v) is 6.30. The Morgan fingerprint density at radius 2 is 1.96 bits per heavy atom. The maximum atomic E-state index is 11.6. The molecule has 0 bridgehead atoms. The van der Waals surface area contributed by atoms with Crippen LogP contribution in [0.15, 0.2) is 42.5 Å². The second kappa shape index (κ2) is 7.24. The van der Waals surface area contributed by atoms with Crippen molar-refractivity contribution in [1.82, 2.24) is 14.9 Å². The number of fused-ring (bicyclic) bond motifs is 1. The van der Waals surface area contributed by atoms with Crippen molar-refractivity contribution in [3.63, 3.8) is 0 Å². The number of carbonyl (C=O) groups is 1. The first-order valence-corrected chi connectivity index (χ1v) is 8.49. The molecule has 3 rings (SSSR count). The van der Waals surface area contributed by atoms with Crippen LogP contribution in [-0.2, 0) is 17.9 Å². The summed E-state index contributed by atoms with van der Waals surface area (Å²) in [5, 5.41) is 3.95. The number of aromatic nitrogens is 2. The minimum absolute atomic E-state index is 0.00291. The van der Waals surface area contributed by atoms with E-state index in [1.807, 2.05) is 43.3 Å². The third-order valence-electron chi connectivity index (χ3n) is 3.82. The Hall–Kier alpha value is -2.04. The number of nitrogens with zero attached hydrogens (tertiary/aromatic N) is 2. The van der Waals surface area contributed by atoms with E-state index in [1.165, 1.54) is 0 Å². The van der Waals surface area contributed by atoms with Gasteiger partial charge in [0, 0.05) is 13.0 Å². The lowest BCUT2D eigenvalue weighted by Gasteiger charge is -2.11. The number of hydrogen-bond donors (Lipinski definition) is 1. The van der Waals surface area contributed by atoms with Crippen molar-refractivity contribution in [1.29, 1.82) is 0 Å². The summed E-state index contributed by atoms with van der Waals surface area (Å²) in [6, 6.07) is 13.5. The van der Waals surface area contributed by atoms with E-state index in [0.29, 0.717) is 29.6 Å². The van der Waals surface area contributed by atoms with E-state index in [2.05, 4.69) is 14.9 Å². The topological polar surface area (TPSA) is 46.9 Å². The summed E-state index contributed by atoms with van der Waals surface area (Å²) in [7, 11) is 0. The number of rotatable bonds is 5. The van der Waals surface area contributed by atoms with Gasteiger partial charge in [0.15, 0.2) is 0 Å². The molecule has 3 aromatic rings. The predicted octanol–water partition coefficient (Wildman–Crippen LogP) is 4.42. The molecule has 124 valence electrons. The number of hydrogen-bond acceptors (Lipinski definition) is 2. The van der Waals surface area contributed by atoms with Crippen molar-refractivity contribution >= 4 is 40.1 Å². The molecular formula is C18H17Cl2N3O. The maximum absolute atomic E-state index is 11.6. The Morgan fingerprint density at radius 3 is 2.71 bits per heavy atom. The van der Waals surface area contributed by atoms with Gasteiger partial charge in [-0.25, -0.2) is 4.98 Å². The van der Waals surface area contributed by atoms with Gasteiger partial charge in [0.1, 0.15) is 5.82 Å². The van der Waals surface area contributed by atoms with E-state index in [0.717, 1.165) is 22.4 Å². The molecule has 0 saturated heterocycles. The Labute approximate surface area is 150 Å². The van der Waals surface area contributed by atoms with Gasteiger partial charge < -0.3 is 9.88 Å². The molecule has 0 aliphatic carbocycles. The number of amides is 1. The first-order valence-electron chi connectivity index (χ1n) is 7.73. The standard InChI is InChI=1S/C18H17Cl2N3O/c1-2-18(24)21-10-17-22-15-5-3-4-6-16(15)23(17)11-12-7-8-13(19)14(20)9-12/h3-9H,2,10-11H2,1H3,(H,21,24). The first kappa shape index (κ1) is 16.8. The Kier molecular flexibility index (Phi) is 5.07. The van der Waals surface area contributed by atoms with E-state index < -0.39 is 0 Å². The van der Waals surface area contributed by atoms with E-state index in [1.54, 1.807) is 6.07 Å². The van der Waals surface area contributed by atoms with Gasteiger partial charge in [-0.2, -0.15) is 0 Å². The fourth-order valence-electron chi connectivity index (χ4n) is 2.56. The molecule has 0 aliphatic rings. The zero-order valence-corrected chi connectivity index (χ0v) is 14.7. The van der Waals surface area contributed by atoms with Crippen LogP contribution in [0, 0.1) is 0 Å². The molecule has 0 radical (unpaired) electrons. The molecule has 0 fully saturated rings. The van der Waals surface area contributed by atoms with Crippen LogP contribution in [0.3, 0.4) is 0 Å². The van der Waals surface area contributed by atoms with Gasteiger partial charge in [0.2, 0.25) is 5.91 Å². The molecule has 2 aromatic carbocycles. The number of benzene rings is 2. The SMILES string of the molecule is CCC(=O)NCc1nc2ccccc2n1Cc1ccc(Cl)c(Cl)c1. The summed E-state index contributed by atoms with van der Waals surface area (Å²) in [4.78, 5) is 16.2. The molecule has 6 heteroatoms. The van der Waals surface area contributed by atoms with Crippen molar-refractivity contribution in [3.05, 3.63) is 63.9 Å². The van der Waals surface area contributed by atoms with Crippen molar-refractivity contribution in [2.45, 2.75) is 26.4 Å². The largest absolute Gasteiger partial charge is 0.349 e. The second-order valence-electron chi connectivity index (χ2n) is 5.48. The van der Waals surface area contributed by atoms with Gasteiger partial charge in [-0.05, 0) is 29.8 Å². The van der Waals surface area contributed by atoms with Crippen LogP contribution in [0.1, 0.15) is 24.7 Å². The van der Waals surface area contributed by atoms with E-state index >= 15 is 0 Å². The minimum Gasteiger partial charge on any atom is -0.349 e. The number of imidazole rings is 1. The lowest BCUT2D eigenvalue weighted by atomic mass is 10.2. The molecule has 1 aromatic heterocycles. The highest BCUT2D eigenvalue weighted by molar-refractivity contribution is 6.42. The van der Waals surface area contributed by atoms with Crippen molar-refractivity contribution in [2.75, 3.05) is 0 Å². The Bertz CT molecular complexity index is 889. The molecular weight excluding hydrogens is 345 g/mol. The molecule has 0 unspecified atom stereocenters. The van der Waals surface area contributed by atoms with Gasteiger partial charge in [0.05, 0.1) is 27.6 Å². The molecule has 1 N–H and O–H groups in total. The lowest BCUT2D eigenvalue weighted by Crippen LogP contribution is -2.23. The average Bonchev–Trinajstić information content (AvgIpc) is 2.94. The first-order chi connectivity index (χ1) is 11.6. The summed E-state index contributed by atoms with van der Waals surface area (Å²) in [6.45, 7) is 2.82. The van der Waals surface area contributed by atoms with Gasteiger partial charge >= 0.3 is 0 Å². The van der Waals surface area contributed by atoms with Gasteiger partial charge in [-0.1, -0.05) is 48.3 Å². The Balaban J connectivity index is 1.97. The van der Waals surface area contributed by atoms with Crippen LogP contribution >= 0.6 is 23.2 Å². The van der Waals surface area contributed by atoms with Crippen LogP contribution in [0.5, 0.6) is 0 Å². The molecule has 0 atom stereocenters. The van der Waals surface area contributed by atoms with Gasteiger partial charge in [0.25, 0.3) is 0 Å². The number of carbonyl (C=O) groups excluding carboxylic acids is 1. The lowest BCUT2D eigenvalue weighted by molar-refractivity contribution is -0.120. The Morgan fingerprint density at radius 1 is 1.17 bits per heavy atom. The van der Waals surface area contributed by atoms with Crippen LogP contribution < -0.4 is 5.32 Å². The van der Waals surface area contributed by atoms with Crippen LogP contribution in [0.2, 0.25) is 10.0 Å². The molecule has 1 heterocycles. The van der Waals surface area contributed by atoms with Gasteiger partial charge in [-0.15, -0.1) is 0 Å². The normalized spacial score (nSPS) is 11.0. The molecule has 0 aliphatic heterocycles. The summed E-state index contributed by atoms with van der Waals surface area (Å²) < 4.78 is 2.09. The van der Waals surface area contributed by atoms with Crippen LogP contribution in [-0.4, -0.2) is 15.5 Å². The third-order valence-corrected chi connectivity index (χ3v) is 4.56. The minimum atomic E-state index is 0.00291. The van der Waals surface area contributed by atoms with E-state index in [4.69, 9.17) is 23.2 Å². The molecule has 0 spiro atoms. The predicted molar refractivity (Wildman–Crippen MR) is 97.4 cm³/mol. The van der Waals surface area contributed by atoms with Crippen LogP contribution in [0.25, 0.3) is 11.0 Å². The molecule has 24 heavy (non-hydrogen) atoms. The zero-order chi connectivity index (χ0) is 17.1. The number of halogens is 2. The van der Waals surface area contributed by atoms with Crippen molar-refractivity contribution in [3.8, 4) is 0 Å². The average molecular weight is 362 g/mol. The summed E-state index contributed by atoms with van der Waals surface area (Å²) >= 11 is 12.1. The highest BCUT2D eigenvalue weighted by atomic mass is 35.5. The molecule has 0 saturated carbocycles. The van der Waals surface area contributed by atoms with Gasteiger partial charge in [-0.3, -0.25) is 4.79 Å². The summed E-state index contributed by atoms with van der Waals surface area (Å²) in [5.41, 5.74) is 2.94. The number of para-hydroxylation sites is 2. The highest BCUT2D eigenvalue weighted by Gasteiger charge is 2.12. The smallest absolute Gasteiger partial charge is 0.220 e. The monoisotopic (exact) mass is 361 g/mol. The molecule has 1 amide bonds. The van der Waals surface area contributed by atoms with Crippen LogP contribution in [0.4, 0.5) is 0 Å². The number of nitrogens with one attached hydrogen (secondary N) is 1. The zero-order valence-electron chi connectivity index (χ0n) is 13.2. The maximum Gasteiger partial charge on any atom is 0.220 e. The fraction of sp³-hybridized carbons (Fsp3) is 0.222. The third kappa shape index (κ3) is 3.55. The van der Waals surface area contributed by atoms with Crippen molar-refractivity contribution < 1.29 is 4.79 Å². The van der Waals surface area contributed by atoms with E-state index in [-0.39, 0.29) is 5.91 Å². The fourth-order valence-corrected chi connectivity index (χ4v) is 2.88. The molecule has 4 nitrogen and oxygen atoms in total. The quantitative estimate of drug-likeness (QED) is 0.731. The summed E-state index contributed by atoms with van der Waals surface area (Å²) in [6.07, 6.45) is 0.451. The summed E-state index contributed by atoms with van der Waals surface area (Å²) in [5.74, 6) is 0.812.